The maximum atomic E-state index is 12.9. The summed E-state index contributed by atoms with van der Waals surface area (Å²) < 4.78 is 31.1. The van der Waals surface area contributed by atoms with Gasteiger partial charge in [-0.25, -0.2) is 4.21 Å². The van der Waals surface area contributed by atoms with Crippen molar-refractivity contribution in [2.24, 2.45) is 14.2 Å². The molecule has 33 heavy (non-hydrogen) atoms. The van der Waals surface area contributed by atoms with Crippen LogP contribution in [-0.4, -0.2) is 58.1 Å². The second-order valence-corrected chi connectivity index (χ2v) is 9.63. The number of carbonyl (C=O) groups is 1. The maximum absolute atomic E-state index is 12.9. The second kappa shape index (κ2) is 9.36. The third-order valence-electron chi connectivity index (χ3n) is 5.36. The third kappa shape index (κ3) is 5.09. The van der Waals surface area contributed by atoms with Gasteiger partial charge in [0.1, 0.15) is 5.76 Å². The first kappa shape index (κ1) is 23.0. The van der Waals surface area contributed by atoms with Crippen LogP contribution in [0.1, 0.15) is 42.9 Å². The number of aromatic hydroxyl groups is 1. The van der Waals surface area contributed by atoms with Crippen molar-refractivity contribution in [3.8, 4) is 5.75 Å². The Morgan fingerprint density at radius 3 is 2.55 bits per heavy atom. The van der Waals surface area contributed by atoms with E-state index in [1.165, 1.54) is 0 Å². The van der Waals surface area contributed by atoms with Gasteiger partial charge in [-0.15, -0.1) is 8.80 Å². The Bertz CT molecular complexity index is 1100. The molecule has 1 saturated heterocycles. The van der Waals surface area contributed by atoms with Crippen molar-refractivity contribution in [1.29, 1.82) is 0 Å². The summed E-state index contributed by atoms with van der Waals surface area (Å²) >= 11 is -1.82. The van der Waals surface area contributed by atoms with Gasteiger partial charge in [-0.1, -0.05) is 26.8 Å². The predicted octanol–water partition coefficient (Wildman–Crippen LogP) is 2.64. The molecule has 0 radical (unpaired) electrons. The van der Waals surface area contributed by atoms with Crippen LogP contribution in [0.25, 0.3) is 0 Å². The van der Waals surface area contributed by atoms with Crippen LogP contribution >= 0.6 is 0 Å². The standard InChI is InChI=1S/C22H27N5O5S/c1-22(2,3)18(16-8-5-11-32-16)24-20-19(25-33(30)26-20)23-15-7-4-6-14(17(15)28)21(29)27-9-12-31-13-10-27/h4-8,11,18,28H,9-10,12-13H2,1-3H3,(H,23,25)(H,24,26)/t18-,33?/m0/s1. The smallest absolute Gasteiger partial charge is 0.269 e. The van der Waals surface area contributed by atoms with E-state index in [1.807, 2.05) is 26.8 Å². The van der Waals surface area contributed by atoms with Crippen molar-refractivity contribution in [2.45, 2.75) is 26.8 Å². The van der Waals surface area contributed by atoms with Crippen LogP contribution in [0.3, 0.4) is 0 Å². The van der Waals surface area contributed by atoms with E-state index < -0.39 is 11.2 Å². The molecular formula is C22H27N5O5S. The van der Waals surface area contributed by atoms with Crippen LogP contribution < -0.4 is 10.6 Å². The fraction of sp³-hybridized carbons (Fsp3) is 0.409. The molecule has 176 valence electrons. The molecule has 4 rings (SSSR count). The number of nitrogens with zero attached hydrogens (tertiary/aromatic N) is 3. The van der Waals surface area contributed by atoms with E-state index >= 15 is 0 Å². The number of para-hydroxylation sites is 1. The number of nitrogens with one attached hydrogen (secondary N) is 2. The first-order valence-electron chi connectivity index (χ1n) is 10.6. The Morgan fingerprint density at radius 2 is 1.88 bits per heavy atom. The molecule has 2 atom stereocenters. The van der Waals surface area contributed by atoms with Crippen LogP contribution in [0.5, 0.6) is 5.75 Å². The Balaban J connectivity index is 1.56. The van der Waals surface area contributed by atoms with Gasteiger partial charge >= 0.3 is 0 Å². The fourth-order valence-corrected chi connectivity index (χ4v) is 4.25. The molecule has 0 saturated carbocycles. The highest BCUT2D eigenvalue weighted by molar-refractivity contribution is 7.83. The number of anilines is 1. The summed E-state index contributed by atoms with van der Waals surface area (Å²) in [6, 6.07) is 8.20. The zero-order valence-electron chi connectivity index (χ0n) is 18.7. The number of amidine groups is 2. The highest BCUT2D eigenvalue weighted by atomic mass is 32.2. The minimum Gasteiger partial charge on any atom is -0.505 e. The highest BCUT2D eigenvalue weighted by Crippen LogP contribution is 2.34. The molecule has 2 aromatic rings. The lowest BCUT2D eigenvalue weighted by Crippen LogP contribution is -2.41. The van der Waals surface area contributed by atoms with Crippen molar-refractivity contribution in [1.82, 2.24) is 10.2 Å². The molecule has 1 aromatic heterocycles. The van der Waals surface area contributed by atoms with E-state index in [0.717, 1.165) is 0 Å². The number of phenols is 1. The van der Waals surface area contributed by atoms with Crippen molar-refractivity contribution in [3.63, 3.8) is 0 Å². The van der Waals surface area contributed by atoms with Gasteiger partial charge in [-0.2, -0.15) is 0 Å². The number of rotatable bonds is 4. The van der Waals surface area contributed by atoms with Crippen LogP contribution in [0, 0.1) is 5.41 Å². The maximum Gasteiger partial charge on any atom is 0.269 e. The fourth-order valence-electron chi connectivity index (χ4n) is 3.63. The van der Waals surface area contributed by atoms with E-state index in [2.05, 4.69) is 19.4 Å². The summed E-state index contributed by atoms with van der Waals surface area (Å²) in [5.41, 5.74) is 0.158. The minimum atomic E-state index is -1.82. The number of ether oxygens (including phenoxy) is 1. The Morgan fingerprint density at radius 1 is 1.15 bits per heavy atom. The number of hydrogen-bond donors (Lipinski definition) is 3. The number of amides is 1. The molecule has 0 aliphatic carbocycles. The summed E-state index contributed by atoms with van der Waals surface area (Å²) in [5.74, 6) is 0.665. The molecule has 10 nitrogen and oxygen atoms in total. The summed E-state index contributed by atoms with van der Waals surface area (Å²) in [6.45, 7) is 7.96. The monoisotopic (exact) mass is 473 g/mol. The minimum absolute atomic E-state index is 0.163. The zero-order chi connectivity index (χ0) is 23.6. The van der Waals surface area contributed by atoms with Gasteiger partial charge in [0.25, 0.3) is 17.1 Å². The van der Waals surface area contributed by atoms with Crippen molar-refractivity contribution in [2.75, 3.05) is 31.6 Å². The zero-order valence-corrected chi connectivity index (χ0v) is 19.5. The Kier molecular flexibility index (Phi) is 6.52. The molecule has 1 aromatic carbocycles. The lowest BCUT2D eigenvalue weighted by atomic mass is 9.85. The van der Waals surface area contributed by atoms with Gasteiger partial charge in [0.15, 0.2) is 17.4 Å². The molecule has 2 aliphatic heterocycles. The summed E-state index contributed by atoms with van der Waals surface area (Å²) in [6.07, 6.45) is 1.59. The largest absolute Gasteiger partial charge is 0.505 e. The highest BCUT2D eigenvalue weighted by Gasteiger charge is 2.33. The van der Waals surface area contributed by atoms with Gasteiger partial charge < -0.3 is 29.8 Å². The van der Waals surface area contributed by atoms with Crippen molar-refractivity contribution in [3.05, 3.63) is 47.9 Å². The first-order chi connectivity index (χ1) is 15.7. The number of hydrogen-bond acceptors (Lipinski definition) is 7. The van der Waals surface area contributed by atoms with Crippen molar-refractivity contribution >= 4 is 34.4 Å². The van der Waals surface area contributed by atoms with Crippen molar-refractivity contribution < 1.29 is 23.3 Å². The van der Waals surface area contributed by atoms with Gasteiger partial charge in [-0.05, 0) is 29.7 Å². The summed E-state index contributed by atoms with van der Waals surface area (Å²) in [7, 11) is 0. The number of benzene rings is 1. The molecule has 0 bridgehead atoms. The average Bonchev–Trinajstić information content (AvgIpc) is 3.42. The summed E-state index contributed by atoms with van der Waals surface area (Å²) in [4.78, 5) is 14.5. The number of phenolic OH excluding ortho intramolecular Hbond substituents is 1. The van der Waals surface area contributed by atoms with E-state index in [-0.39, 0.29) is 46.0 Å². The normalized spacial score (nSPS) is 19.6. The lowest BCUT2D eigenvalue weighted by Gasteiger charge is -2.30. The lowest BCUT2D eigenvalue weighted by molar-refractivity contribution is 0.0301. The van der Waals surface area contributed by atoms with E-state index in [9.17, 15) is 14.1 Å². The van der Waals surface area contributed by atoms with E-state index in [1.54, 1.807) is 35.4 Å². The van der Waals surface area contributed by atoms with Crippen LogP contribution in [-0.2, 0) is 15.9 Å². The van der Waals surface area contributed by atoms with Gasteiger partial charge in [0, 0.05) is 13.1 Å². The third-order valence-corrected chi connectivity index (χ3v) is 6.03. The van der Waals surface area contributed by atoms with Crippen LogP contribution in [0.4, 0.5) is 5.69 Å². The molecule has 1 fully saturated rings. The molecule has 3 heterocycles. The van der Waals surface area contributed by atoms with Crippen LogP contribution in [0.2, 0.25) is 0 Å². The molecule has 0 spiro atoms. The SMILES string of the molecule is CC(C)(C)[C@@H](NC1=NS(=O)N=C1Nc1cccc(C(=O)N2CCOCC2)c1O)c1ccco1. The summed E-state index contributed by atoms with van der Waals surface area (Å²) in [5, 5.41) is 17.1. The number of morpholine rings is 1. The van der Waals surface area contributed by atoms with Crippen LogP contribution in [0.15, 0.2) is 49.8 Å². The molecular weight excluding hydrogens is 446 g/mol. The Labute approximate surface area is 194 Å². The number of carbonyl (C=O) groups excluding carboxylic acids is 1. The van der Waals surface area contributed by atoms with E-state index in [4.69, 9.17) is 9.15 Å². The first-order valence-corrected chi connectivity index (χ1v) is 11.7. The molecule has 1 unspecified atom stereocenters. The van der Waals surface area contributed by atoms with Gasteiger partial charge in [0.05, 0.1) is 36.8 Å². The number of furan rings is 1. The average molecular weight is 474 g/mol. The molecule has 2 aliphatic rings. The predicted molar refractivity (Wildman–Crippen MR) is 126 cm³/mol. The van der Waals surface area contributed by atoms with E-state index in [0.29, 0.717) is 32.1 Å². The van der Waals surface area contributed by atoms with Gasteiger partial charge in [-0.3, -0.25) is 4.79 Å². The topological polar surface area (TPSA) is 129 Å². The second-order valence-electron chi connectivity index (χ2n) is 8.80. The molecule has 1 amide bonds. The Hall–Kier alpha value is -3.18. The molecule has 11 heteroatoms. The molecule has 3 N–H and O–H groups in total. The van der Waals surface area contributed by atoms with Gasteiger partial charge in [0.2, 0.25) is 0 Å². The quantitative estimate of drug-likeness (QED) is 0.582.